The van der Waals surface area contributed by atoms with E-state index in [0.717, 1.165) is 29.4 Å². The van der Waals surface area contributed by atoms with Crippen LogP contribution in [0.5, 0.6) is 0 Å². The summed E-state index contributed by atoms with van der Waals surface area (Å²) in [5.41, 5.74) is 1.57. The van der Waals surface area contributed by atoms with E-state index in [4.69, 9.17) is 5.26 Å². The van der Waals surface area contributed by atoms with Crippen LogP contribution in [0, 0.1) is 17.2 Å². The fraction of sp³-hybridized carbons (Fsp3) is 0.300. The van der Waals surface area contributed by atoms with Crippen molar-refractivity contribution in [1.82, 2.24) is 14.8 Å². The van der Waals surface area contributed by atoms with Gasteiger partial charge in [-0.1, -0.05) is 0 Å². The number of aromatic nitrogens is 3. The van der Waals surface area contributed by atoms with Gasteiger partial charge in [-0.3, -0.25) is 9.78 Å². The highest BCUT2D eigenvalue weighted by atomic mass is 32.2. The lowest BCUT2D eigenvalue weighted by Crippen LogP contribution is -2.11. The van der Waals surface area contributed by atoms with Gasteiger partial charge in [0.1, 0.15) is 0 Å². The summed E-state index contributed by atoms with van der Waals surface area (Å²) in [6, 6.07) is 11.1. The van der Waals surface area contributed by atoms with Crippen molar-refractivity contribution in [1.29, 1.82) is 5.26 Å². The van der Waals surface area contributed by atoms with Crippen molar-refractivity contribution < 1.29 is 9.00 Å². The average molecular weight is 393 g/mol. The van der Waals surface area contributed by atoms with Gasteiger partial charge in [0, 0.05) is 40.8 Å². The Morgan fingerprint density at radius 1 is 1.36 bits per heavy atom. The molecule has 28 heavy (non-hydrogen) atoms. The van der Waals surface area contributed by atoms with Crippen LogP contribution in [0.1, 0.15) is 25.7 Å². The minimum Gasteiger partial charge on any atom is -0.272 e. The van der Waals surface area contributed by atoms with Crippen LogP contribution in [0.25, 0.3) is 16.6 Å². The Morgan fingerprint density at radius 2 is 2.21 bits per heavy atom. The summed E-state index contributed by atoms with van der Waals surface area (Å²) in [5, 5.41) is 14.1. The van der Waals surface area contributed by atoms with Crippen molar-refractivity contribution in [3.63, 3.8) is 0 Å². The lowest BCUT2D eigenvalue weighted by molar-refractivity contribution is -0.118. The van der Waals surface area contributed by atoms with Crippen molar-refractivity contribution in [2.24, 2.45) is 10.3 Å². The third kappa shape index (κ3) is 3.80. The number of amides is 1. The van der Waals surface area contributed by atoms with Gasteiger partial charge >= 0.3 is 0 Å². The first-order chi connectivity index (χ1) is 13.6. The zero-order chi connectivity index (χ0) is 19.6. The Kier molecular flexibility index (Phi) is 4.92. The van der Waals surface area contributed by atoms with Gasteiger partial charge in [0.2, 0.25) is 0 Å². The predicted molar refractivity (Wildman–Crippen MR) is 105 cm³/mol. The zero-order valence-corrected chi connectivity index (χ0v) is 16.0. The van der Waals surface area contributed by atoms with Crippen molar-refractivity contribution in [3.8, 4) is 11.8 Å². The first kappa shape index (κ1) is 18.3. The minimum atomic E-state index is -2.92. The van der Waals surface area contributed by atoms with Gasteiger partial charge in [-0.15, -0.1) is 0 Å². The SMILES string of the molecule is N#CCCCS(=O)(=NC(=O)C1CC1)c1ccc2nn(-c3cccnc3)cc2c1. The largest absolute Gasteiger partial charge is 0.272 e. The Labute approximate surface area is 163 Å². The summed E-state index contributed by atoms with van der Waals surface area (Å²) in [6.07, 6.45) is 7.59. The number of pyridine rings is 1. The number of hydrogen-bond acceptors (Lipinski definition) is 5. The molecule has 7 nitrogen and oxygen atoms in total. The van der Waals surface area contributed by atoms with Crippen molar-refractivity contribution in [2.45, 2.75) is 30.6 Å². The lowest BCUT2D eigenvalue weighted by Gasteiger charge is -2.09. The summed E-state index contributed by atoms with van der Waals surface area (Å²) >= 11 is 0. The Balaban J connectivity index is 1.74. The zero-order valence-electron chi connectivity index (χ0n) is 15.2. The molecule has 1 aliphatic carbocycles. The van der Waals surface area contributed by atoms with E-state index in [-0.39, 0.29) is 24.0 Å². The lowest BCUT2D eigenvalue weighted by atomic mass is 10.3. The molecule has 2 heterocycles. The molecule has 0 N–H and O–H groups in total. The van der Waals surface area contributed by atoms with Crippen LogP contribution in [-0.4, -0.2) is 30.6 Å². The van der Waals surface area contributed by atoms with Crippen LogP contribution in [0.4, 0.5) is 0 Å². The minimum absolute atomic E-state index is 0.0890. The van der Waals surface area contributed by atoms with Gasteiger partial charge in [0.05, 0.1) is 33.2 Å². The fourth-order valence-electron chi connectivity index (χ4n) is 2.94. The van der Waals surface area contributed by atoms with E-state index < -0.39 is 9.73 Å². The number of hydrogen-bond donors (Lipinski definition) is 0. The number of carbonyl (C=O) groups is 1. The van der Waals surface area contributed by atoms with Crippen LogP contribution in [0.2, 0.25) is 0 Å². The molecule has 1 fully saturated rings. The molecule has 2 aromatic heterocycles. The number of nitriles is 1. The van der Waals surface area contributed by atoms with Gasteiger partial charge in [-0.25, -0.2) is 8.89 Å². The number of benzene rings is 1. The predicted octanol–water partition coefficient (Wildman–Crippen LogP) is 3.49. The van der Waals surface area contributed by atoms with Crippen molar-refractivity contribution in [3.05, 3.63) is 48.9 Å². The average Bonchev–Trinajstić information content (AvgIpc) is 3.47. The molecular weight excluding hydrogens is 374 g/mol. The number of nitrogens with zero attached hydrogens (tertiary/aromatic N) is 5. The third-order valence-electron chi connectivity index (χ3n) is 4.63. The van der Waals surface area contributed by atoms with Crippen molar-refractivity contribution in [2.75, 3.05) is 5.75 Å². The fourth-order valence-corrected chi connectivity index (χ4v) is 4.94. The van der Waals surface area contributed by atoms with E-state index in [1.807, 2.05) is 18.3 Å². The first-order valence-corrected chi connectivity index (χ1v) is 10.8. The smallest absolute Gasteiger partial charge is 0.257 e. The van der Waals surface area contributed by atoms with Gasteiger partial charge in [0.25, 0.3) is 5.91 Å². The molecule has 8 heteroatoms. The summed E-state index contributed by atoms with van der Waals surface area (Å²) in [4.78, 5) is 16.9. The van der Waals surface area contributed by atoms with Crippen molar-refractivity contribution >= 4 is 26.5 Å². The molecular formula is C20H19N5O2S. The molecule has 1 aromatic carbocycles. The van der Waals surface area contributed by atoms with E-state index in [9.17, 15) is 9.00 Å². The molecule has 0 aliphatic heterocycles. The van der Waals surface area contributed by atoms with E-state index >= 15 is 0 Å². The molecule has 3 aromatic rings. The standard InChI is InChI=1S/C20H19N5O2S/c21-9-1-2-11-28(27,24-20(26)15-5-6-15)18-7-8-19-16(12-18)14-25(23-19)17-4-3-10-22-13-17/h3-4,7-8,10,12-15H,1-2,5-6,11H2. The summed E-state index contributed by atoms with van der Waals surface area (Å²) in [5.74, 6) is -0.177. The van der Waals surface area contributed by atoms with Gasteiger partial charge in [-0.2, -0.15) is 14.7 Å². The number of fused-ring (bicyclic) bond motifs is 1. The van der Waals surface area contributed by atoms with Crippen LogP contribution in [0.15, 0.2) is 58.2 Å². The van der Waals surface area contributed by atoms with Crippen LogP contribution in [0.3, 0.4) is 0 Å². The molecule has 1 saturated carbocycles. The van der Waals surface area contributed by atoms with E-state index in [2.05, 4.69) is 20.5 Å². The molecule has 1 unspecified atom stereocenters. The summed E-state index contributed by atoms with van der Waals surface area (Å²) < 4.78 is 19.4. The third-order valence-corrected chi connectivity index (χ3v) is 6.94. The second kappa shape index (κ2) is 7.52. The highest BCUT2D eigenvalue weighted by molar-refractivity contribution is 7.94. The Bertz CT molecular complexity index is 1180. The molecule has 1 aliphatic rings. The summed E-state index contributed by atoms with van der Waals surface area (Å²) in [7, 11) is -2.92. The van der Waals surface area contributed by atoms with Gasteiger partial charge in [0.15, 0.2) is 0 Å². The monoisotopic (exact) mass is 393 g/mol. The molecule has 0 saturated heterocycles. The molecule has 1 amide bonds. The molecule has 4 rings (SSSR count). The maximum absolute atomic E-state index is 13.6. The van der Waals surface area contributed by atoms with Gasteiger partial charge < -0.3 is 0 Å². The van der Waals surface area contributed by atoms with E-state index in [1.165, 1.54) is 0 Å². The van der Waals surface area contributed by atoms with Crippen LogP contribution < -0.4 is 0 Å². The van der Waals surface area contributed by atoms with Gasteiger partial charge in [-0.05, 0) is 49.6 Å². The second-order valence-electron chi connectivity index (χ2n) is 6.82. The van der Waals surface area contributed by atoms with E-state index in [1.54, 1.807) is 35.3 Å². The summed E-state index contributed by atoms with van der Waals surface area (Å²) in [6.45, 7) is 0. The highest BCUT2D eigenvalue weighted by Gasteiger charge is 2.31. The molecule has 1 atom stereocenters. The Hall–Kier alpha value is -3.05. The maximum atomic E-state index is 13.6. The normalized spacial score (nSPS) is 15.7. The molecule has 142 valence electrons. The molecule has 0 spiro atoms. The topological polar surface area (TPSA) is 101 Å². The maximum Gasteiger partial charge on any atom is 0.257 e. The molecule has 0 radical (unpaired) electrons. The Morgan fingerprint density at radius 3 is 2.93 bits per heavy atom. The van der Waals surface area contributed by atoms with Crippen LogP contribution >= 0.6 is 0 Å². The second-order valence-corrected chi connectivity index (χ2v) is 9.16. The van der Waals surface area contributed by atoms with Crippen LogP contribution in [-0.2, 0) is 14.5 Å². The molecule has 0 bridgehead atoms. The number of unbranched alkanes of at least 4 members (excludes halogenated alkanes) is 1. The highest BCUT2D eigenvalue weighted by Crippen LogP contribution is 2.32. The van der Waals surface area contributed by atoms with E-state index in [0.29, 0.717) is 11.3 Å². The number of carbonyl (C=O) groups excluding carboxylic acids is 1. The first-order valence-electron chi connectivity index (χ1n) is 9.14. The number of rotatable bonds is 6. The quantitative estimate of drug-likeness (QED) is 0.597.